The van der Waals surface area contributed by atoms with E-state index >= 15 is 0 Å². The number of nitrogens with two attached hydrogens (primary N) is 1. The molecule has 0 aromatic carbocycles. The van der Waals surface area contributed by atoms with E-state index in [1.807, 2.05) is 0 Å². The number of rotatable bonds is 6. The van der Waals surface area contributed by atoms with E-state index in [1.165, 1.54) is 19.3 Å². The van der Waals surface area contributed by atoms with Gasteiger partial charge in [-0.25, -0.2) is 0 Å². The number of nitrogens with one attached hydrogen (secondary N) is 1. The molecule has 106 valence electrons. The molecule has 1 atom stereocenters. The zero-order chi connectivity index (χ0) is 14.1. The summed E-state index contributed by atoms with van der Waals surface area (Å²) in [4.78, 5) is 9.72. The number of carbonyl (C=O) groups is 1. The molecule has 0 bridgehead atoms. The van der Waals surface area contributed by atoms with Crippen molar-refractivity contribution in [2.75, 3.05) is 20.1 Å². The van der Waals surface area contributed by atoms with Gasteiger partial charge in [0.15, 0.2) is 0 Å². The average Bonchev–Trinajstić information content (AvgIpc) is 2.36. The van der Waals surface area contributed by atoms with E-state index in [9.17, 15) is 4.79 Å². The normalized spacial score (nSPS) is 10.5. The Hall–Kier alpha value is -0.610. The highest BCUT2D eigenvalue weighted by Crippen LogP contribution is 1.93. The zero-order valence-corrected chi connectivity index (χ0v) is 12.3. The van der Waals surface area contributed by atoms with Gasteiger partial charge in [-0.2, -0.15) is 0 Å². The molecule has 0 aliphatic carbocycles. The first-order valence-electron chi connectivity index (χ1n) is 6.56. The van der Waals surface area contributed by atoms with Crippen LogP contribution in [0, 0.1) is 5.92 Å². The third-order valence-electron chi connectivity index (χ3n) is 2.19. The molecule has 0 saturated heterocycles. The Morgan fingerprint density at radius 2 is 1.76 bits per heavy atom. The number of aliphatic carboxylic acids is 1. The fourth-order valence-corrected chi connectivity index (χ4v) is 0.399. The molecule has 4 nitrogen and oxygen atoms in total. The minimum Gasteiger partial charge on any atom is -0.481 e. The Balaban J connectivity index is -0.000000180. The van der Waals surface area contributed by atoms with Gasteiger partial charge in [-0.15, -0.1) is 0 Å². The molecular formula is C13H32N2O2. The number of unbranched alkanes of at least 4 members (excludes halogenated alkanes) is 1. The van der Waals surface area contributed by atoms with Gasteiger partial charge in [0.2, 0.25) is 0 Å². The average molecular weight is 248 g/mol. The van der Waals surface area contributed by atoms with Crippen molar-refractivity contribution in [1.82, 2.24) is 5.32 Å². The summed E-state index contributed by atoms with van der Waals surface area (Å²) in [5, 5.41) is 10.7. The van der Waals surface area contributed by atoms with Crippen LogP contribution in [0.25, 0.3) is 0 Å². The fourth-order valence-electron chi connectivity index (χ4n) is 0.399. The predicted octanol–water partition coefficient (Wildman–Crippen LogP) is 2.48. The van der Waals surface area contributed by atoms with Crippen molar-refractivity contribution in [3.05, 3.63) is 0 Å². The van der Waals surface area contributed by atoms with Crippen LogP contribution in [0.4, 0.5) is 0 Å². The Morgan fingerprint density at radius 1 is 1.29 bits per heavy atom. The van der Waals surface area contributed by atoms with Gasteiger partial charge in [0.05, 0.1) is 6.42 Å². The van der Waals surface area contributed by atoms with Crippen molar-refractivity contribution in [1.29, 1.82) is 0 Å². The molecule has 0 rings (SSSR count). The molecule has 0 amide bonds. The number of hydrogen-bond acceptors (Lipinski definition) is 3. The fraction of sp³-hybridized carbons (Fsp3) is 0.923. The first-order chi connectivity index (χ1) is 7.99. The molecule has 0 aromatic heterocycles. The topological polar surface area (TPSA) is 75.3 Å². The summed E-state index contributed by atoms with van der Waals surface area (Å²) in [5.74, 6) is -0.0423. The highest BCUT2D eigenvalue weighted by atomic mass is 16.4. The van der Waals surface area contributed by atoms with Crippen molar-refractivity contribution in [3.8, 4) is 0 Å². The Labute approximate surface area is 107 Å². The molecular weight excluding hydrogens is 216 g/mol. The van der Waals surface area contributed by atoms with Gasteiger partial charge in [-0.05, 0) is 19.5 Å². The van der Waals surface area contributed by atoms with Crippen molar-refractivity contribution >= 4 is 5.97 Å². The first-order valence-corrected chi connectivity index (χ1v) is 6.56. The summed E-state index contributed by atoms with van der Waals surface area (Å²) in [6.45, 7) is 10.0. The molecule has 0 aromatic rings. The maximum absolute atomic E-state index is 9.72. The lowest BCUT2D eigenvalue weighted by atomic mass is 10.1. The Kier molecular flexibility index (Phi) is 26.4. The maximum Gasteiger partial charge on any atom is 0.304 e. The largest absolute Gasteiger partial charge is 0.481 e. The van der Waals surface area contributed by atoms with Crippen molar-refractivity contribution in [2.24, 2.45) is 11.7 Å². The van der Waals surface area contributed by atoms with Crippen LogP contribution in [0.3, 0.4) is 0 Å². The van der Waals surface area contributed by atoms with Gasteiger partial charge < -0.3 is 16.2 Å². The minimum absolute atomic E-state index is 0.205. The lowest BCUT2D eigenvalue weighted by molar-refractivity contribution is -0.136. The van der Waals surface area contributed by atoms with Crippen LogP contribution in [0.2, 0.25) is 0 Å². The van der Waals surface area contributed by atoms with E-state index in [2.05, 4.69) is 33.0 Å². The van der Waals surface area contributed by atoms with Gasteiger partial charge in [0, 0.05) is 6.54 Å². The van der Waals surface area contributed by atoms with Crippen molar-refractivity contribution in [3.63, 3.8) is 0 Å². The highest BCUT2D eigenvalue weighted by Gasteiger charge is 1.90. The third kappa shape index (κ3) is 39.2. The molecule has 4 N–H and O–H groups in total. The standard InChI is InChI=1S/C5H13N.C4H9NO2.C4H10/c1-3-5(2)4-6;1-5-3-2-4(6)7;1-3-4-2/h5H,3-4,6H2,1-2H3;5H,2-3H2,1H3,(H,6,7);3-4H2,1-2H3. The summed E-state index contributed by atoms with van der Waals surface area (Å²) in [5.41, 5.74) is 5.28. The SMILES string of the molecule is CCC(C)CN.CCCC.CNCCC(=O)O. The van der Waals surface area contributed by atoms with Gasteiger partial charge in [0.25, 0.3) is 0 Å². The summed E-state index contributed by atoms with van der Waals surface area (Å²) in [6.07, 6.45) is 4.05. The number of hydrogen-bond donors (Lipinski definition) is 3. The summed E-state index contributed by atoms with van der Waals surface area (Å²) in [7, 11) is 1.73. The summed E-state index contributed by atoms with van der Waals surface area (Å²) < 4.78 is 0. The molecule has 0 radical (unpaired) electrons. The van der Waals surface area contributed by atoms with Crippen LogP contribution in [-0.2, 0) is 4.79 Å². The smallest absolute Gasteiger partial charge is 0.304 e. The van der Waals surface area contributed by atoms with Crippen LogP contribution in [0.15, 0.2) is 0 Å². The Bertz CT molecular complexity index is 135. The van der Waals surface area contributed by atoms with Crippen LogP contribution < -0.4 is 11.1 Å². The van der Waals surface area contributed by atoms with E-state index in [1.54, 1.807) is 7.05 Å². The highest BCUT2D eigenvalue weighted by molar-refractivity contribution is 5.66. The molecule has 0 saturated carbocycles. The molecule has 0 spiro atoms. The van der Waals surface area contributed by atoms with Crippen molar-refractivity contribution < 1.29 is 9.90 Å². The first kappa shape index (κ1) is 21.7. The zero-order valence-electron chi connectivity index (χ0n) is 12.3. The molecule has 4 heteroatoms. The van der Waals surface area contributed by atoms with Gasteiger partial charge in [-0.3, -0.25) is 4.79 Å². The van der Waals surface area contributed by atoms with Gasteiger partial charge in [0.1, 0.15) is 0 Å². The number of carboxylic acid groups (broad SMARTS) is 1. The molecule has 0 aliphatic rings. The lowest BCUT2D eigenvalue weighted by Gasteiger charge is -1.98. The third-order valence-corrected chi connectivity index (χ3v) is 2.19. The van der Waals surface area contributed by atoms with E-state index in [4.69, 9.17) is 10.8 Å². The van der Waals surface area contributed by atoms with Gasteiger partial charge in [-0.1, -0.05) is 47.0 Å². The van der Waals surface area contributed by atoms with E-state index in [-0.39, 0.29) is 6.42 Å². The quantitative estimate of drug-likeness (QED) is 0.675. The van der Waals surface area contributed by atoms with Crippen LogP contribution in [0.5, 0.6) is 0 Å². The molecule has 0 aliphatic heterocycles. The number of carboxylic acids is 1. The summed E-state index contributed by atoms with van der Waals surface area (Å²) in [6, 6.07) is 0. The second-order valence-electron chi connectivity index (χ2n) is 4.00. The summed E-state index contributed by atoms with van der Waals surface area (Å²) >= 11 is 0. The van der Waals surface area contributed by atoms with Gasteiger partial charge >= 0.3 is 5.97 Å². The second kappa shape index (κ2) is 20.8. The maximum atomic E-state index is 9.72. The molecule has 17 heavy (non-hydrogen) atoms. The molecule has 1 unspecified atom stereocenters. The van der Waals surface area contributed by atoms with Crippen LogP contribution in [-0.4, -0.2) is 31.2 Å². The van der Waals surface area contributed by atoms with Crippen LogP contribution >= 0.6 is 0 Å². The van der Waals surface area contributed by atoms with Crippen molar-refractivity contribution in [2.45, 2.75) is 53.4 Å². The Morgan fingerprint density at radius 3 is 1.82 bits per heavy atom. The minimum atomic E-state index is -0.755. The second-order valence-corrected chi connectivity index (χ2v) is 4.00. The van der Waals surface area contributed by atoms with E-state index < -0.39 is 5.97 Å². The van der Waals surface area contributed by atoms with E-state index in [0.29, 0.717) is 12.5 Å². The molecule has 0 heterocycles. The monoisotopic (exact) mass is 248 g/mol. The van der Waals surface area contributed by atoms with Crippen LogP contribution in [0.1, 0.15) is 53.4 Å². The predicted molar refractivity (Wildman–Crippen MR) is 75.3 cm³/mol. The lowest BCUT2D eigenvalue weighted by Crippen LogP contribution is -2.11. The molecule has 0 fully saturated rings. The van der Waals surface area contributed by atoms with E-state index in [0.717, 1.165) is 6.54 Å².